The molecule has 4 heterocycles. The Morgan fingerprint density at radius 1 is 1.12 bits per heavy atom. The van der Waals surface area contributed by atoms with Crippen molar-refractivity contribution in [2.24, 2.45) is 0 Å². The number of alkyl halides is 1. The van der Waals surface area contributed by atoms with Crippen molar-refractivity contribution in [2.75, 3.05) is 26.2 Å². The Hall–Kier alpha value is -2.80. The highest BCUT2D eigenvalue weighted by atomic mass is 19.1. The van der Waals surface area contributed by atoms with Crippen molar-refractivity contribution in [3.8, 4) is 0 Å². The van der Waals surface area contributed by atoms with Gasteiger partial charge in [0.2, 0.25) is 0 Å². The van der Waals surface area contributed by atoms with Gasteiger partial charge in [0.1, 0.15) is 0 Å². The number of rotatable bonds is 5. The predicted molar refractivity (Wildman–Crippen MR) is 124 cm³/mol. The summed E-state index contributed by atoms with van der Waals surface area (Å²) in [6.45, 7) is 10.3. The number of allylic oxidation sites excluding steroid dienone is 1. The number of benzene rings is 1. The lowest BCUT2D eigenvalue weighted by Crippen LogP contribution is -2.47. The zero-order valence-electron chi connectivity index (χ0n) is 18.8. The maximum Gasteiger partial charge on any atom is 0.152 e. The largest absolute Gasteiger partial charge is 0.373 e. The summed E-state index contributed by atoms with van der Waals surface area (Å²) < 4.78 is 18.2. The molecule has 7 heteroatoms. The highest BCUT2D eigenvalue weighted by Gasteiger charge is 2.40. The van der Waals surface area contributed by atoms with Crippen molar-refractivity contribution >= 4 is 11.0 Å². The first-order valence-corrected chi connectivity index (χ1v) is 11.6. The third kappa shape index (κ3) is 4.13. The SMILES string of the molecule is C=C(N1CCC(n2cnc3cc(C)ccc32)CC1)C1(F)CCN(Cc2ccnnc2)CC1. The number of likely N-dealkylation sites (tertiary alicyclic amines) is 2. The third-order valence-corrected chi connectivity index (χ3v) is 7.19. The average Bonchev–Trinajstić information content (AvgIpc) is 3.24. The van der Waals surface area contributed by atoms with E-state index in [1.807, 2.05) is 12.4 Å². The lowest BCUT2D eigenvalue weighted by molar-refractivity contribution is 0.0522. The van der Waals surface area contributed by atoms with Gasteiger partial charge in [0.25, 0.3) is 0 Å². The highest BCUT2D eigenvalue weighted by molar-refractivity contribution is 5.76. The van der Waals surface area contributed by atoms with Crippen LogP contribution in [0.2, 0.25) is 0 Å². The highest BCUT2D eigenvalue weighted by Crippen LogP contribution is 2.37. The third-order valence-electron chi connectivity index (χ3n) is 7.19. The number of hydrogen-bond acceptors (Lipinski definition) is 5. The summed E-state index contributed by atoms with van der Waals surface area (Å²) in [6.07, 6.45) is 8.41. The second-order valence-corrected chi connectivity index (χ2v) is 9.30. The number of aryl methyl sites for hydroxylation is 1. The maximum absolute atomic E-state index is 15.9. The van der Waals surface area contributed by atoms with Crippen LogP contribution in [0.25, 0.3) is 11.0 Å². The Morgan fingerprint density at radius 3 is 2.62 bits per heavy atom. The molecule has 6 nitrogen and oxygen atoms in total. The van der Waals surface area contributed by atoms with Crippen LogP contribution in [0.4, 0.5) is 4.39 Å². The average molecular weight is 435 g/mol. The summed E-state index contributed by atoms with van der Waals surface area (Å²) in [5.74, 6) is 0. The monoisotopic (exact) mass is 434 g/mol. The molecular formula is C25H31FN6. The number of hydrogen-bond donors (Lipinski definition) is 0. The number of aromatic nitrogens is 4. The van der Waals surface area contributed by atoms with Gasteiger partial charge in [-0.3, -0.25) is 4.90 Å². The molecule has 2 aromatic heterocycles. The standard InChI is InChI=1S/C25H31FN6/c1-19-3-4-24-23(15-19)27-18-32(24)22-6-11-31(12-7-22)20(2)25(26)8-13-30(14-9-25)17-21-5-10-28-29-16-21/h3-5,10,15-16,18,22H,2,6-9,11-14,17H2,1H3. The molecule has 2 saturated heterocycles. The van der Waals surface area contributed by atoms with Crippen molar-refractivity contribution in [1.29, 1.82) is 0 Å². The van der Waals surface area contributed by atoms with Gasteiger partial charge in [-0.25, -0.2) is 9.37 Å². The molecule has 168 valence electrons. The maximum atomic E-state index is 15.9. The molecule has 1 aromatic carbocycles. The van der Waals surface area contributed by atoms with Crippen molar-refractivity contribution in [3.63, 3.8) is 0 Å². The number of halogens is 1. The molecule has 0 amide bonds. The van der Waals surface area contributed by atoms with Crippen molar-refractivity contribution < 1.29 is 4.39 Å². The first-order chi connectivity index (χ1) is 15.5. The van der Waals surface area contributed by atoms with Crippen LogP contribution in [-0.2, 0) is 6.54 Å². The Morgan fingerprint density at radius 2 is 1.91 bits per heavy atom. The van der Waals surface area contributed by atoms with Crippen LogP contribution in [0, 0.1) is 6.92 Å². The minimum Gasteiger partial charge on any atom is -0.373 e. The van der Waals surface area contributed by atoms with Crippen LogP contribution < -0.4 is 0 Å². The second kappa shape index (κ2) is 8.62. The van der Waals surface area contributed by atoms with Gasteiger partial charge in [-0.2, -0.15) is 10.2 Å². The van der Waals surface area contributed by atoms with E-state index in [1.165, 1.54) is 11.1 Å². The summed E-state index contributed by atoms with van der Waals surface area (Å²) in [6, 6.07) is 8.81. The predicted octanol–water partition coefficient (Wildman–Crippen LogP) is 4.29. The number of imidazole rings is 1. The summed E-state index contributed by atoms with van der Waals surface area (Å²) in [5, 5.41) is 7.76. The fourth-order valence-electron chi connectivity index (χ4n) is 5.15. The second-order valence-electron chi connectivity index (χ2n) is 9.30. The van der Waals surface area contributed by atoms with Crippen molar-refractivity contribution in [3.05, 3.63) is 66.4 Å². The summed E-state index contributed by atoms with van der Waals surface area (Å²) in [5.41, 5.74) is 3.95. The van der Waals surface area contributed by atoms with E-state index >= 15 is 4.39 Å². The quantitative estimate of drug-likeness (QED) is 0.600. The van der Waals surface area contributed by atoms with E-state index in [2.05, 4.69) is 61.3 Å². The van der Waals surface area contributed by atoms with Gasteiger partial charge in [0.05, 0.1) is 23.6 Å². The smallest absolute Gasteiger partial charge is 0.152 e. The Balaban J connectivity index is 1.17. The molecule has 3 aromatic rings. The molecule has 0 aliphatic carbocycles. The minimum absolute atomic E-state index is 0.401. The number of piperidine rings is 2. The van der Waals surface area contributed by atoms with Gasteiger partial charge in [-0.05, 0) is 61.9 Å². The molecule has 32 heavy (non-hydrogen) atoms. The Kier molecular flexibility index (Phi) is 5.67. The van der Waals surface area contributed by atoms with E-state index < -0.39 is 5.67 Å². The molecule has 0 bridgehead atoms. The van der Waals surface area contributed by atoms with Gasteiger partial charge >= 0.3 is 0 Å². The van der Waals surface area contributed by atoms with Gasteiger partial charge < -0.3 is 9.47 Å². The van der Waals surface area contributed by atoms with Crippen LogP contribution in [-0.4, -0.2) is 61.4 Å². The number of nitrogens with zero attached hydrogens (tertiary/aromatic N) is 6. The molecule has 0 N–H and O–H groups in total. The first kappa shape index (κ1) is 21.1. The molecule has 2 aliphatic heterocycles. The molecule has 0 radical (unpaired) electrons. The van der Waals surface area contributed by atoms with Gasteiger partial charge in [-0.1, -0.05) is 12.6 Å². The summed E-state index contributed by atoms with van der Waals surface area (Å²) >= 11 is 0. The van der Waals surface area contributed by atoms with Gasteiger partial charge in [0.15, 0.2) is 5.67 Å². The van der Waals surface area contributed by atoms with E-state index in [1.54, 1.807) is 12.4 Å². The molecule has 0 atom stereocenters. The first-order valence-electron chi connectivity index (χ1n) is 11.6. The zero-order chi connectivity index (χ0) is 22.1. The van der Waals surface area contributed by atoms with Crippen molar-refractivity contribution in [1.82, 2.24) is 29.5 Å². The van der Waals surface area contributed by atoms with E-state index in [-0.39, 0.29) is 0 Å². The molecular weight excluding hydrogens is 403 g/mol. The van der Waals surface area contributed by atoms with Crippen LogP contribution in [0.5, 0.6) is 0 Å². The van der Waals surface area contributed by atoms with Crippen LogP contribution in [0.1, 0.15) is 42.9 Å². The van der Waals surface area contributed by atoms with E-state index in [0.29, 0.717) is 24.6 Å². The fraction of sp³-hybridized carbons (Fsp3) is 0.480. The lowest BCUT2D eigenvalue weighted by atomic mass is 9.88. The minimum atomic E-state index is -1.31. The van der Waals surface area contributed by atoms with Gasteiger partial charge in [0, 0.05) is 50.7 Å². The van der Waals surface area contributed by atoms with Crippen LogP contribution >= 0.6 is 0 Å². The molecule has 5 rings (SSSR count). The Labute approximate surface area is 188 Å². The molecule has 2 aliphatic rings. The summed E-state index contributed by atoms with van der Waals surface area (Å²) in [4.78, 5) is 9.06. The van der Waals surface area contributed by atoms with Crippen LogP contribution in [0.3, 0.4) is 0 Å². The zero-order valence-corrected chi connectivity index (χ0v) is 18.8. The normalized spacial score (nSPS) is 20.0. The van der Waals surface area contributed by atoms with E-state index in [0.717, 1.165) is 56.6 Å². The summed E-state index contributed by atoms with van der Waals surface area (Å²) in [7, 11) is 0. The van der Waals surface area contributed by atoms with Crippen LogP contribution in [0.15, 0.2) is 55.3 Å². The molecule has 0 unspecified atom stereocenters. The molecule has 2 fully saturated rings. The fourth-order valence-corrected chi connectivity index (χ4v) is 5.15. The molecule has 0 saturated carbocycles. The van der Waals surface area contributed by atoms with Gasteiger partial charge in [-0.15, -0.1) is 0 Å². The topological polar surface area (TPSA) is 50.1 Å². The lowest BCUT2D eigenvalue weighted by Gasteiger charge is -2.43. The Bertz CT molecular complexity index is 1080. The van der Waals surface area contributed by atoms with E-state index in [4.69, 9.17) is 0 Å². The molecule has 0 spiro atoms. The van der Waals surface area contributed by atoms with Crippen molar-refractivity contribution in [2.45, 2.75) is 50.9 Å². The van der Waals surface area contributed by atoms with E-state index in [9.17, 15) is 0 Å². The number of fused-ring (bicyclic) bond motifs is 1.